The Hall–Kier alpha value is -1.75. The maximum atomic E-state index is 12.5. The number of likely N-dealkylation sites (N-methyl/N-ethyl adjacent to an activating group) is 1. The van der Waals surface area contributed by atoms with E-state index in [1.165, 1.54) is 44.2 Å². The fourth-order valence-electron chi connectivity index (χ4n) is 6.77. The normalized spacial score (nSPS) is 34.5. The third kappa shape index (κ3) is 3.73. The lowest BCUT2D eigenvalue weighted by molar-refractivity contribution is -0.0496. The quantitative estimate of drug-likeness (QED) is 0.833. The fourth-order valence-corrected chi connectivity index (χ4v) is 6.77. The first-order valence-electron chi connectivity index (χ1n) is 11.2. The topological polar surface area (TPSA) is 47.6 Å². The van der Waals surface area contributed by atoms with Crippen molar-refractivity contribution in [3.05, 3.63) is 24.3 Å². The predicted octanol–water partition coefficient (Wildman–Crippen LogP) is 3.78. The molecule has 28 heavy (non-hydrogen) atoms. The van der Waals surface area contributed by atoms with Crippen LogP contribution in [0.1, 0.15) is 38.5 Å². The summed E-state index contributed by atoms with van der Waals surface area (Å²) in [5.74, 6) is 2.79. The number of carbonyl (C=O) groups is 1. The first-order valence-corrected chi connectivity index (χ1v) is 11.2. The molecule has 5 heteroatoms. The summed E-state index contributed by atoms with van der Waals surface area (Å²) in [6.07, 6.45) is 8.35. The number of nitrogens with zero attached hydrogens (tertiary/aromatic N) is 2. The number of hydrogen-bond acceptors (Lipinski definition) is 3. The minimum atomic E-state index is -0.0527. The fraction of sp³-hybridized carbons (Fsp3) is 0.696. The number of benzene rings is 1. The second-order valence-corrected chi connectivity index (χ2v) is 10.1. The van der Waals surface area contributed by atoms with E-state index in [-0.39, 0.29) is 6.03 Å². The summed E-state index contributed by atoms with van der Waals surface area (Å²) in [4.78, 5) is 17.3. The maximum absolute atomic E-state index is 12.5. The first kappa shape index (κ1) is 18.3. The number of hydrogen-bond donors (Lipinski definition) is 2. The largest absolute Gasteiger partial charge is 0.369 e. The third-order valence-corrected chi connectivity index (χ3v) is 7.78. The molecule has 5 nitrogen and oxygen atoms in total. The number of nitrogens with one attached hydrogen (secondary N) is 2. The van der Waals surface area contributed by atoms with E-state index >= 15 is 0 Å². The standard InChI is InChI=1S/C23H34N4O/c1-26-6-8-27(9-7-26)21-4-2-20(3-5-21)25-22(28)24-16-23-13-17-10-18(14-23)12-19(11-17)15-23/h2-5,17-19H,6-16H2,1H3,(H2,24,25,28). The molecule has 0 aromatic heterocycles. The Labute approximate surface area is 168 Å². The van der Waals surface area contributed by atoms with Crippen LogP contribution in [0.3, 0.4) is 0 Å². The third-order valence-electron chi connectivity index (χ3n) is 7.78. The lowest BCUT2D eigenvalue weighted by Gasteiger charge is -2.56. The number of anilines is 2. The summed E-state index contributed by atoms with van der Waals surface area (Å²) < 4.78 is 0. The van der Waals surface area contributed by atoms with Crippen LogP contribution in [0.25, 0.3) is 0 Å². The molecule has 0 radical (unpaired) electrons. The van der Waals surface area contributed by atoms with E-state index in [4.69, 9.17) is 0 Å². The highest BCUT2D eigenvalue weighted by molar-refractivity contribution is 5.89. The van der Waals surface area contributed by atoms with Crippen LogP contribution < -0.4 is 15.5 Å². The van der Waals surface area contributed by atoms with Crippen molar-refractivity contribution < 1.29 is 4.79 Å². The van der Waals surface area contributed by atoms with Gasteiger partial charge in [-0.2, -0.15) is 0 Å². The van der Waals surface area contributed by atoms with E-state index in [9.17, 15) is 4.79 Å². The molecule has 152 valence electrons. The van der Waals surface area contributed by atoms with Crippen LogP contribution in [-0.4, -0.2) is 50.7 Å². The van der Waals surface area contributed by atoms with Gasteiger partial charge in [0.05, 0.1) is 0 Å². The van der Waals surface area contributed by atoms with Gasteiger partial charge in [0.2, 0.25) is 0 Å². The van der Waals surface area contributed by atoms with Crippen LogP contribution in [-0.2, 0) is 0 Å². The average molecular weight is 383 g/mol. The molecular formula is C23H34N4O. The van der Waals surface area contributed by atoms with Gasteiger partial charge in [0.1, 0.15) is 0 Å². The van der Waals surface area contributed by atoms with E-state index in [0.29, 0.717) is 5.41 Å². The Morgan fingerprint density at radius 1 is 0.964 bits per heavy atom. The van der Waals surface area contributed by atoms with Gasteiger partial charge in [-0.05, 0) is 93.0 Å². The van der Waals surface area contributed by atoms with Crippen molar-refractivity contribution in [1.82, 2.24) is 10.2 Å². The lowest BCUT2D eigenvalue weighted by Crippen LogP contribution is -2.51. The number of rotatable bonds is 4. The smallest absolute Gasteiger partial charge is 0.319 e. The highest BCUT2D eigenvalue weighted by Crippen LogP contribution is 2.59. The number of amides is 2. The molecule has 4 saturated carbocycles. The zero-order chi connectivity index (χ0) is 19.1. The van der Waals surface area contributed by atoms with Crippen molar-refractivity contribution in [2.45, 2.75) is 38.5 Å². The molecule has 6 rings (SSSR count). The molecule has 1 aliphatic heterocycles. The summed E-state index contributed by atoms with van der Waals surface area (Å²) in [6.45, 7) is 5.19. The molecular weight excluding hydrogens is 348 g/mol. The van der Waals surface area contributed by atoms with E-state index in [1.807, 2.05) is 12.1 Å². The van der Waals surface area contributed by atoms with Gasteiger partial charge in [0, 0.05) is 44.1 Å². The van der Waals surface area contributed by atoms with Crippen molar-refractivity contribution >= 4 is 17.4 Å². The molecule has 5 fully saturated rings. The summed E-state index contributed by atoms with van der Waals surface area (Å²) in [6, 6.07) is 8.25. The Bertz CT molecular complexity index is 673. The molecule has 4 bridgehead atoms. The Kier molecular flexibility index (Phi) is 4.74. The summed E-state index contributed by atoms with van der Waals surface area (Å²) >= 11 is 0. The minimum absolute atomic E-state index is 0.0527. The van der Waals surface area contributed by atoms with Crippen molar-refractivity contribution in [2.75, 3.05) is 50.0 Å². The van der Waals surface area contributed by atoms with Gasteiger partial charge in [-0.25, -0.2) is 4.79 Å². The van der Waals surface area contributed by atoms with Gasteiger partial charge in [-0.3, -0.25) is 0 Å². The van der Waals surface area contributed by atoms with Crippen LogP contribution in [0.2, 0.25) is 0 Å². The lowest BCUT2D eigenvalue weighted by atomic mass is 9.49. The van der Waals surface area contributed by atoms with Gasteiger partial charge in [-0.1, -0.05) is 0 Å². The monoisotopic (exact) mass is 382 g/mol. The van der Waals surface area contributed by atoms with E-state index < -0.39 is 0 Å². The van der Waals surface area contributed by atoms with Crippen LogP contribution in [0, 0.1) is 23.2 Å². The minimum Gasteiger partial charge on any atom is -0.369 e. The van der Waals surface area contributed by atoms with Crippen molar-refractivity contribution in [3.63, 3.8) is 0 Å². The van der Waals surface area contributed by atoms with Crippen molar-refractivity contribution in [1.29, 1.82) is 0 Å². The summed E-state index contributed by atoms with van der Waals surface area (Å²) in [5.41, 5.74) is 2.51. The summed E-state index contributed by atoms with van der Waals surface area (Å²) in [5, 5.41) is 6.24. The van der Waals surface area contributed by atoms with E-state index in [0.717, 1.165) is 56.2 Å². The van der Waals surface area contributed by atoms with Gasteiger partial charge in [0.15, 0.2) is 0 Å². The molecule has 5 aliphatic rings. The average Bonchev–Trinajstić information content (AvgIpc) is 2.67. The highest BCUT2D eigenvalue weighted by atomic mass is 16.2. The summed E-state index contributed by atoms with van der Waals surface area (Å²) in [7, 11) is 2.17. The zero-order valence-electron chi connectivity index (χ0n) is 17.1. The zero-order valence-corrected chi connectivity index (χ0v) is 17.1. The maximum Gasteiger partial charge on any atom is 0.319 e. The molecule has 0 atom stereocenters. The molecule has 1 aromatic rings. The SMILES string of the molecule is CN1CCN(c2ccc(NC(=O)NCC34CC5CC(CC(C5)C3)C4)cc2)CC1. The second-order valence-electron chi connectivity index (χ2n) is 10.1. The van der Waals surface area contributed by atoms with E-state index in [1.54, 1.807) is 0 Å². The number of urea groups is 1. The molecule has 1 heterocycles. The molecule has 1 aromatic carbocycles. The van der Waals surface area contributed by atoms with Crippen LogP contribution in [0.5, 0.6) is 0 Å². The molecule has 1 saturated heterocycles. The van der Waals surface area contributed by atoms with Gasteiger partial charge in [0.25, 0.3) is 0 Å². The highest BCUT2D eigenvalue weighted by Gasteiger charge is 2.50. The number of piperazine rings is 1. The predicted molar refractivity (Wildman–Crippen MR) is 114 cm³/mol. The molecule has 2 N–H and O–H groups in total. The van der Waals surface area contributed by atoms with Gasteiger partial charge < -0.3 is 20.4 Å². The van der Waals surface area contributed by atoms with Crippen LogP contribution >= 0.6 is 0 Å². The second kappa shape index (κ2) is 7.25. The van der Waals surface area contributed by atoms with Crippen LogP contribution in [0.15, 0.2) is 24.3 Å². The molecule has 2 amide bonds. The molecule has 4 aliphatic carbocycles. The number of carbonyl (C=O) groups excluding carboxylic acids is 1. The molecule has 0 unspecified atom stereocenters. The van der Waals surface area contributed by atoms with Crippen molar-refractivity contribution in [2.24, 2.45) is 23.2 Å². The van der Waals surface area contributed by atoms with Gasteiger partial charge >= 0.3 is 6.03 Å². The first-order chi connectivity index (χ1) is 13.6. The Morgan fingerprint density at radius 2 is 1.54 bits per heavy atom. The van der Waals surface area contributed by atoms with Gasteiger partial charge in [-0.15, -0.1) is 0 Å². The van der Waals surface area contributed by atoms with E-state index in [2.05, 4.69) is 39.6 Å². The van der Waals surface area contributed by atoms with Crippen LogP contribution in [0.4, 0.5) is 16.2 Å². The Morgan fingerprint density at radius 3 is 2.11 bits per heavy atom. The molecule has 0 spiro atoms. The Balaban J connectivity index is 1.13. The van der Waals surface area contributed by atoms with Crippen molar-refractivity contribution in [3.8, 4) is 0 Å².